The van der Waals surface area contributed by atoms with Gasteiger partial charge in [0.15, 0.2) is 5.16 Å². The van der Waals surface area contributed by atoms with E-state index in [1.807, 2.05) is 14.1 Å². The number of carbonyl (C=O) groups is 1. The Balaban J connectivity index is 2.86. The maximum atomic E-state index is 10.7. The third kappa shape index (κ3) is 5.13. The minimum Gasteiger partial charge on any atom is -0.481 e. The molecule has 1 heterocycles. The van der Waals surface area contributed by atoms with Crippen LogP contribution in [0.3, 0.4) is 0 Å². The molecule has 114 valence electrons. The van der Waals surface area contributed by atoms with Gasteiger partial charge in [-0.05, 0) is 40.4 Å². The van der Waals surface area contributed by atoms with Gasteiger partial charge in [0.1, 0.15) is 5.82 Å². The molecule has 0 bridgehead atoms. The molecule has 0 aliphatic carbocycles. The maximum absolute atomic E-state index is 10.7. The molecular formula is C13H24N4O2S. The summed E-state index contributed by atoms with van der Waals surface area (Å²) in [5.74, 6) is 0.138. The summed E-state index contributed by atoms with van der Waals surface area (Å²) < 4.78 is 2.10. The Morgan fingerprint density at radius 2 is 2.15 bits per heavy atom. The number of aromatic nitrogens is 3. The SMILES string of the molecule is CCCc1nnc(SCC(=O)O)n1C(C)CCN(C)C. The highest BCUT2D eigenvalue weighted by Crippen LogP contribution is 2.24. The van der Waals surface area contributed by atoms with Crippen molar-refractivity contribution in [3.05, 3.63) is 5.82 Å². The average Bonchev–Trinajstić information content (AvgIpc) is 2.77. The van der Waals surface area contributed by atoms with Gasteiger partial charge in [-0.3, -0.25) is 4.79 Å². The highest BCUT2D eigenvalue weighted by molar-refractivity contribution is 7.99. The van der Waals surface area contributed by atoms with E-state index in [-0.39, 0.29) is 11.8 Å². The molecule has 1 unspecified atom stereocenters. The van der Waals surface area contributed by atoms with E-state index < -0.39 is 5.97 Å². The number of nitrogens with zero attached hydrogens (tertiary/aromatic N) is 4. The van der Waals surface area contributed by atoms with Crippen LogP contribution in [0.15, 0.2) is 5.16 Å². The summed E-state index contributed by atoms with van der Waals surface area (Å²) in [6, 6.07) is 0.269. The molecule has 0 aliphatic heterocycles. The highest BCUT2D eigenvalue weighted by atomic mass is 32.2. The first kappa shape index (κ1) is 17.0. The van der Waals surface area contributed by atoms with Crippen LogP contribution in [-0.4, -0.2) is 57.1 Å². The normalized spacial score (nSPS) is 12.8. The number of hydrogen-bond acceptors (Lipinski definition) is 5. The first-order valence-corrected chi connectivity index (χ1v) is 7.87. The lowest BCUT2D eigenvalue weighted by molar-refractivity contribution is -0.133. The Hall–Kier alpha value is -1.08. The lowest BCUT2D eigenvalue weighted by Crippen LogP contribution is -2.19. The number of rotatable bonds is 9. The van der Waals surface area contributed by atoms with Crippen molar-refractivity contribution in [1.82, 2.24) is 19.7 Å². The summed E-state index contributed by atoms with van der Waals surface area (Å²) in [5, 5.41) is 17.9. The maximum Gasteiger partial charge on any atom is 0.313 e. The zero-order valence-corrected chi connectivity index (χ0v) is 13.5. The molecule has 7 heteroatoms. The predicted molar refractivity (Wildman–Crippen MR) is 80.3 cm³/mol. The number of carboxylic acid groups (broad SMARTS) is 1. The average molecular weight is 300 g/mol. The monoisotopic (exact) mass is 300 g/mol. The molecule has 1 rings (SSSR count). The van der Waals surface area contributed by atoms with Gasteiger partial charge in [-0.25, -0.2) is 0 Å². The second-order valence-corrected chi connectivity index (χ2v) is 6.08. The summed E-state index contributed by atoms with van der Waals surface area (Å²) in [7, 11) is 4.10. The molecule has 0 aliphatic rings. The van der Waals surface area contributed by atoms with Crippen LogP contribution in [0.2, 0.25) is 0 Å². The fraction of sp³-hybridized carbons (Fsp3) is 0.769. The van der Waals surface area contributed by atoms with Gasteiger partial charge in [-0.15, -0.1) is 10.2 Å². The Bertz CT molecular complexity index is 434. The van der Waals surface area contributed by atoms with Crippen molar-refractivity contribution in [3.63, 3.8) is 0 Å². The minimum atomic E-state index is -0.831. The summed E-state index contributed by atoms with van der Waals surface area (Å²) in [6.45, 7) is 5.22. The molecular weight excluding hydrogens is 276 g/mol. The van der Waals surface area contributed by atoms with Gasteiger partial charge in [0.2, 0.25) is 0 Å². The van der Waals surface area contributed by atoms with Gasteiger partial charge in [0.25, 0.3) is 0 Å². The van der Waals surface area contributed by atoms with Crippen molar-refractivity contribution in [1.29, 1.82) is 0 Å². The summed E-state index contributed by atoms with van der Waals surface area (Å²) in [6.07, 6.45) is 2.86. The van der Waals surface area contributed by atoms with Gasteiger partial charge in [0.05, 0.1) is 5.75 Å². The van der Waals surface area contributed by atoms with Crippen molar-refractivity contribution < 1.29 is 9.90 Å². The molecule has 0 amide bonds. The van der Waals surface area contributed by atoms with E-state index in [9.17, 15) is 4.79 Å². The highest BCUT2D eigenvalue weighted by Gasteiger charge is 2.18. The molecule has 20 heavy (non-hydrogen) atoms. The fourth-order valence-electron chi connectivity index (χ4n) is 1.94. The van der Waals surface area contributed by atoms with E-state index in [0.29, 0.717) is 5.16 Å². The number of aliphatic carboxylic acids is 1. The Kier molecular flexibility index (Phi) is 7.01. The summed E-state index contributed by atoms with van der Waals surface area (Å²) >= 11 is 1.24. The zero-order valence-electron chi connectivity index (χ0n) is 12.7. The molecule has 1 aromatic heterocycles. The number of carboxylic acids is 1. The minimum absolute atomic E-state index is 0.0185. The Labute approximate surface area is 124 Å². The van der Waals surface area contributed by atoms with E-state index >= 15 is 0 Å². The molecule has 0 saturated carbocycles. The van der Waals surface area contributed by atoms with Crippen LogP contribution in [0.1, 0.15) is 38.6 Å². The van der Waals surface area contributed by atoms with Crippen molar-refractivity contribution in [3.8, 4) is 0 Å². The quantitative estimate of drug-likeness (QED) is 0.703. The topological polar surface area (TPSA) is 71.2 Å². The zero-order chi connectivity index (χ0) is 15.1. The first-order chi connectivity index (χ1) is 9.45. The van der Waals surface area contributed by atoms with E-state index in [4.69, 9.17) is 5.11 Å². The van der Waals surface area contributed by atoms with Crippen LogP contribution in [0.25, 0.3) is 0 Å². The second-order valence-electron chi connectivity index (χ2n) is 5.14. The lowest BCUT2D eigenvalue weighted by Gasteiger charge is -2.19. The summed E-state index contributed by atoms with van der Waals surface area (Å²) in [4.78, 5) is 12.9. The van der Waals surface area contributed by atoms with Gasteiger partial charge in [-0.1, -0.05) is 18.7 Å². The van der Waals surface area contributed by atoms with Crippen LogP contribution in [-0.2, 0) is 11.2 Å². The molecule has 0 spiro atoms. The van der Waals surface area contributed by atoms with E-state index in [1.54, 1.807) is 0 Å². The first-order valence-electron chi connectivity index (χ1n) is 6.88. The van der Waals surface area contributed by atoms with Crippen LogP contribution < -0.4 is 0 Å². The number of aryl methyl sites for hydroxylation is 1. The van der Waals surface area contributed by atoms with Crippen LogP contribution in [0.4, 0.5) is 0 Å². The predicted octanol–water partition coefficient (Wildman–Crippen LogP) is 1.92. The number of hydrogen-bond donors (Lipinski definition) is 1. The fourth-order valence-corrected chi connectivity index (χ4v) is 2.72. The van der Waals surface area contributed by atoms with Crippen molar-refractivity contribution in [2.45, 2.75) is 44.3 Å². The van der Waals surface area contributed by atoms with Crippen molar-refractivity contribution >= 4 is 17.7 Å². The van der Waals surface area contributed by atoms with Gasteiger partial charge in [0, 0.05) is 12.5 Å². The van der Waals surface area contributed by atoms with E-state index in [1.165, 1.54) is 11.8 Å². The lowest BCUT2D eigenvalue weighted by atomic mass is 10.2. The molecule has 0 aromatic carbocycles. The molecule has 6 nitrogen and oxygen atoms in total. The summed E-state index contributed by atoms with van der Waals surface area (Å²) in [5.41, 5.74) is 0. The third-order valence-corrected chi connectivity index (χ3v) is 3.90. The smallest absolute Gasteiger partial charge is 0.313 e. The molecule has 0 saturated heterocycles. The van der Waals surface area contributed by atoms with Gasteiger partial charge < -0.3 is 14.6 Å². The number of thioether (sulfide) groups is 1. The van der Waals surface area contributed by atoms with Crippen LogP contribution >= 0.6 is 11.8 Å². The van der Waals surface area contributed by atoms with E-state index in [2.05, 4.69) is 33.5 Å². The Morgan fingerprint density at radius 3 is 2.70 bits per heavy atom. The molecule has 0 radical (unpaired) electrons. The second kappa shape index (κ2) is 8.26. The van der Waals surface area contributed by atoms with Gasteiger partial charge >= 0.3 is 5.97 Å². The molecule has 1 aromatic rings. The third-order valence-electron chi connectivity index (χ3n) is 2.97. The van der Waals surface area contributed by atoms with Crippen LogP contribution in [0, 0.1) is 0 Å². The van der Waals surface area contributed by atoms with Gasteiger partial charge in [-0.2, -0.15) is 0 Å². The Morgan fingerprint density at radius 1 is 1.45 bits per heavy atom. The largest absolute Gasteiger partial charge is 0.481 e. The van der Waals surface area contributed by atoms with E-state index in [0.717, 1.165) is 31.6 Å². The molecule has 0 fully saturated rings. The van der Waals surface area contributed by atoms with Crippen LogP contribution in [0.5, 0.6) is 0 Å². The van der Waals surface area contributed by atoms with Crippen molar-refractivity contribution in [2.75, 3.05) is 26.4 Å². The standard InChI is InChI=1S/C13H24N4O2S/c1-5-6-11-14-15-13(20-9-12(18)19)17(11)10(2)7-8-16(3)4/h10H,5-9H2,1-4H3,(H,18,19). The molecule has 1 atom stereocenters. The molecule has 1 N–H and O–H groups in total. The van der Waals surface area contributed by atoms with Crippen molar-refractivity contribution in [2.24, 2.45) is 0 Å².